The first-order chi connectivity index (χ1) is 17.2. The first-order valence-corrected chi connectivity index (χ1v) is 13.5. The summed E-state index contributed by atoms with van der Waals surface area (Å²) in [6.45, 7) is 12.5. The Morgan fingerprint density at radius 3 is 2.31 bits per heavy atom. The summed E-state index contributed by atoms with van der Waals surface area (Å²) in [6.07, 6.45) is 3.21. The van der Waals surface area contributed by atoms with Crippen LogP contribution in [0, 0.1) is 5.92 Å². The van der Waals surface area contributed by atoms with Crippen LogP contribution in [0.1, 0.15) is 77.1 Å². The van der Waals surface area contributed by atoms with Gasteiger partial charge < -0.3 is 20.0 Å². The van der Waals surface area contributed by atoms with Crippen molar-refractivity contribution in [3.05, 3.63) is 29.8 Å². The van der Waals surface area contributed by atoms with Gasteiger partial charge in [-0.1, -0.05) is 27.2 Å². The van der Waals surface area contributed by atoms with Gasteiger partial charge in [-0.3, -0.25) is 19.2 Å². The van der Waals surface area contributed by atoms with Crippen molar-refractivity contribution < 1.29 is 19.2 Å². The van der Waals surface area contributed by atoms with Crippen LogP contribution in [0.3, 0.4) is 0 Å². The van der Waals surface area contributed by atoms with E-state index in [1.54, 1.807) is 21.9 Å². The number of anilines is 1. The Labute approximate surface area is 215 Å². The lowest BCUT2D eigenvalue weighted by Gasteiger charge is -2.29. The second-order valence-corrected chi connectivity index (χ2v) is 10.3. The Bertz CT molecular complexity index is 941. The van der Waals surface area contributed by atoms with Crippen molar-refractivity contribution in [3.63, 3.8) is 0 Å². The Morgan fingerprint density at radius 1 is 1.06 bits per heavy atom. The van der Waals surface area contributed by atoms with Gasteiger partial charge in [0.25, 0.3) is 5.91 Å². The second kappa shape index (κ2) is 12.4. The van der Waals surface area contributed by atoms with E-state index >= 15 is 0 Å². The fourth-order valence-electron chi connectivity index (χ4n) is 5.41. The van der Waals surface area contributed by atoms with Gasteiger partial charge in [0.1, 0.15) is 12.1 Å². The molecule has 2 aliphatic rings. The lowest BCUT2D eigenvalue weighted by molar-refractivity contribution is -0.138. The number of fused-ring (bicyclic) bond motifs is 1. The maximum Gasteiger partial charge on any atom is 0.251 e. The van der Waals surface area contributed by atoms with E-state index in [-0.39, 0.29) is 42.0 Å². The van der Waals surface area contributed by atoms with Crippen molar-refractivity contribution in [1.82, 2.24) is 15.1 Å². The summed E-state index contributed by atoms with van der Waals surface area (Å²) < 4.78 is 0. The molecule has 0 aliphatic carbocycles. The van der Waals surface area contributed by atoms with Crippen molar-refractivity contribution in [2.75, 3.05) is 31.1 Å². The number of unbranched alkanes of at least 4 members (excludes halogenated alkanes) is 1. The highest BCUT2D eigenvalue weighted by Crippen LogP contribution is 2.31. The first-order valence-electron chi connectivity index (χ1n) is 13.5. The lowest BCUT2D eigenvalue weighted by Crippen LogP contribution is -2.53. The predicted molar refractivity (Wildman–Crippen MR) is 141 cm³/mol. The van der Waals surface area contributed by atoms with E-state index in [1.165, 1.54) is 0 Å². The average Bonchev–Trinajstić information content (AvgIpc) is 3.44. The molecule has 198 valence electrons. The Kier molecular flexibility index (Phi) is 9.51. The zero-order valence-electron chi connectivity index (χ0n) is 22.5. The molecule has 3 unspecified atom stereocenters. The molecule has 8 nitrogen and oxygen atoms in total. The molecular formula is C28H42N4O4. The van der Waals surface area contributed by atoms with Crippen molar-refractivity contribution >= 4 is 29.2 Å². The van der Waals surface area contributed by atoms with Crippen LogP contribution in [-0.4, -0.2) is 77.6 Å². The predicted octanol–water partition coefficient (Wildman–Crippen LogP) is 3.25. The number of carbonyl (C=O) groups is 4. The summed E-state index contributed by atoms with van der Waals surface area (Å²) in [5, 5.41) is 2.94. The van der Waals surface area contributed by atoms with E-state index in [9.17, 15) is 19.2 Å². The van der Waals surface area contributed by atoms with E-state index in [0.717, 1.165) is 31.6 Å². The topological polar surface area (TPSA) is 90.0 Å². The highest BCUT2D eigenvalue weighted by Gasteiger charge is 2.52. The molecule has 2 fully saturated rings. The molecule has 8 heteroatoms. The molecule has 3 amide bonds. The van der Waals surface area contributed by atoms with Gasteiger partial charge >= 0.3 is 0 Å². The summed E-state index contributed by atoms with van der Waals surface area (Å²) in [6, 6.07) is 5.83. The lowest BCUT2D eigenvalue weighted by atomic mass is 10.0. The molecular weight excluding hydrogens is 456 g/mol. The first kappa shape index (κ1) is 27.7. The van der Waals surface area contributed by atoms with E-state index in [2.05, 4.69) is 24.1 Å². The maximum absolute atomic E-state index is 13.7. The Hall–Kier alpha value is -2.90. The van der Waals surface area contributed by atoms with Crippen molar-refractivity contribution in [3.8, 4) is 0 Å². The number of carbonyl (C=O) groups excluding carboxylic acids is 4. The summed E-state index contributed by atoms with van der Waals surface area (Å²) in [7, 11) is 0. The van der Waals surface area contributed by atoms with Crippen molar-refractivity contribution in [2.45, 2.75) is 84.8 Å². The highest BCUT2D eigenvalue weighted by molar-refractivity contribution is 6.01. The summed E-state index contributed by atoms with van der Waals surface area (Å²) >= 11 is 0. The van der Waals surface area contributed by atoms with Crippen LogP contribution in [0.5, 0.6) is 0 Å². The third-order valence-electron chi connectivity index (χ3n) is 7.34. The smallest absolute Gasteiger partial charge is 0.251 e. The number of nitrogens with zero attached hydrogens (tertiary/aromatic N) is 3. The minimum atomic E-state index is -0.726. The third-order valence-corrected chi connectivity index (χ3v) is 7.34. The van der Waals surface area contributed by atoms with Crippen molar-refractivity contribution in [1.29, 1.82) is 0 Å². The third kappa shape index (κ3) is 6.08. The zero-order valence-corrected chi connectivity index (χ0v) is 22.5. The second-order valence-electron chi connectivity index (χ2n) is 10.3. The molecule has 36 heavy (non-hydrogen) atoms. The molecule has 2 saturated heterocycles. The van der Waals surface area contributed by atoms with E-state index in [4.69, 9.17) is 0 Å². The van der Waals surface area contributed by atoms with Crippen LogP contribution in [0.4, 0.5) is 5.69 Å². The molecule has 0 aromatic heterocycles. The number of hydrogen-bond acceptors (Lipinski definition) is 5. The minimum Gasteiger partial charge on any atom is -0.372 e. The van der Waals surface area contributed by atoms with Crippen LogP contribution in [0.25, 0.3) is 0 Å². The van der Waals surface area contributed by atoms with Crippen LogP contribution in [0.15, 0.2) is 24.3 Å². The van der Waals surface area contributed by atoms with Gasteiger partial charge in [0.05, 0.1) is 12.6 Å². The van der Waals surface area contributed by atoms with Crippen LogP contribution in [0.2, 0.25) is 0 Å². The molecule has 1 aromatic carbocycles. The Balaban J connectivity index is 1.72. The number of Topliss-reactive ketones (excluding diaryl/α,β-unsaturated/α-hetero) is 1. The monoisotopic (exact) mass is 498 g/mol. The summed E-state index contributed by atoms with van der Waals surface area (Å²) in [5.41, 5.74) is 1.55. The van der Waals surface area contributed by atoms with Gasteiger partial charge in [0, 0.05) is 37.3 Å². The van der Waals surface area contributed by atoms with Gasteiger partial charge in [0.15, 0.2) is 5.78 Å². The fraction of sp³-hybridized carbons (Fsp3) is 0.643. The van der Waals surface area contributed by atoms with Crippen molar-refractivity contribution in [2.24, 2.45) is 5.92 Å². The SMILES string of the molecule is CCCCC(=O)N1CC(=O)C2C1CCN2C(=O)C(CC(C)C)NC(=O)c1ccc(N(CC)CC)cc1. The number of ketones is 1. The molecule has 0 radical (unpaired) electrons. The maximum atomic E-state index is 13.7. The van der Waals surface area contributed by atoms with E-state index in [1.807, 2.05) is 32.9 Å². The average molecular weight is 499 g/mol. The van der Waals surface area contributed by atoms with Gasteiger partial charge in [0.2, 0.25) is 11.8 Å². The standard InChI is InChI=1S/C28H42N4O4/c1-6-9-10-25(34)32-18-24(33)26-23(32)15-16-31(26)28(36)22(17-19(4)5)29-27(35)20-11-13-21(14-12-20)30(7-2)8-3/h11-14,19,22-23,26H,6-10,15-18H2,1-5H3,(H,29,35). The molecule has 2 aliphatic heterocycles. The van der Waals surface area contributed by atoms with Gasteiger partial charge in [-0.15, -0.1) is 0 Å². The number of amides is 3. The number of hydrogen-bond donors (Lipinski definition) is 1. The number of nitrogens with one attached hydrogen (secondary N) is 1. The number of rotatable bonds is 11. The number of likely N-dealkylation sites (tertiary alicyclic amines) is 2. The van der Waals surface area contributed by atoms with E-state index < -0.39 is 12.1 Å². The molecule has 1 N–H and O–H groups in total. The largest absolute Gasteiger partial charge is 0.372 e. The Morgan fingerprint density at radius 2 is 1.72 bits per heavy atom. The molecule has 3 rings (SSSR count). The van der Waals surface area contributed by atoms with Gasteiger partial charge in [-0.25, -0.2) is 0 Å². The van der Waals surface area contributed by atoms with Crippen LogP contribution in [-0.2, 0) is 14.4 Å². The normalized spacial score (nSPS) is 20.0. The van der Waals surface area contributed by atoms with Gasteiger partial charge in [-0.05, 0) is 63.3 Å². The summed E-state index contributed by atoms with van der Waals surface area (Å²) in [4.78, 5) is 57.8. The molecule has 0 bridgehead atoms. The van der Waals surface area contributed by atoms with Gasteiger partial charge in [-0.2, -0.15) is 0 Å². The number of benzene rings is 1. The molecule has 0 spiro atoms. The van der Waals surface area contributed by atoms with Crippen LogP contribution >= 0.6 is 0 Å². The quantitative estimate of drug-likeness (QED) is 0.506. The van der Waals surface area contributed by atoms with E-state index in [0.29, 0.717) is 31.4 Å². The van der Waals surface area contributed by atoms with Crippen LogP contribution < -0.4 is 10.2 Å². The molecule has 3 atom stereocenters. The summed E-state index contributed by atoms with van der Waals surface area (Å²) in [5.74, 6) is -0.455. The minimum absolute atomic E-state index is 0.00723. The molecule has 0 saturated carbocycles. The molecule has 2 heterocycles. The highest BCUT2D eigenvalue weighted by atomic mass is 16.2. The zero-order chi connectivity index (χ0) is 26.4. The fourth-order valence-corrected chi connectivity index (χ4v) is 5.41. The molecule has 1 aromatic rings.